The van der Waals surface area contributed by atoms with E-state index in [9.17, 15) is 19.2 Å². The quantitative estimate of drug-likeness (QED) is 0.0842. The van der Waals surface area contributed by atoms with E-state index in [0.29, 0.717) is 10.9 Å². The summed E-state index contributed by atoms with van der Waals surface area (Å²) in [5.74, 6) is -2.74. The molecule has 5 aromatic rings. The molecule has 0 radical (unpaired) electrons. The maximum absolute atomic E-state index is 13.7. The Balaban J connectivity index is 1.39. The second kappa shape index (κ2) is 17.4. The van der Waals surface area contributed by atoms with E-state index in [1.807, 2.05) is 30.3 Å². The van der Waals surface area contributed by atoms with Crippen LogP contribution >= 0.6 is 0 Å². The van der Waals surface area contributed by atoms with Crippen molar-refractivity contribution in [3.63, 3.8) is 0 Å². The molecule has 0 bridgehead atoms. The zero-order valence-electron chi connectivity index (χ0n) is 27.3. The van der Waals surface area contributed by atoms with Crippen molar-refractivity contribution >= 4 is 38.8 Å². The van der Waals surface area contributed by atoms with Crippen molar-refractivity contribution in [3.8, 4) is 0 Å². The van der Waals surface area contributed by atoms with Crippen LogP contribution in [-0.4, -0.2) is 74.9 Å². The average Bonchev–Trinajstić information content (AvgIpc) is 3.19. The molecule has 1 aliphatic heterocycles. The van der Waals surface area contributed by atoms with Crippen LogP contribution in [0.2, 0.25) is 0 Å². The van der Waals surface area contributed by atoms with E-state index in [2.05, 4.69) is 0 Å². The van der Waals surface area contributed by atoms with Gasteiger partial charge in [0, 0.05) is 0 Å². The molecular weight excluding hydrogens is 715 g/mol. The molecule has 1 aliphatic rings. The number of carbonyl (C=O) groups is 4. The summed E-state index contributed by atoms with van der Waals surface area (Å²) in [6.45, 7) is -0.350. The summed E-state index contributed by atoms with van der Waals surface area (Å²) >= 11 is -0.420. The second-order valence-electron chi connectivity index (χ2n) is 11.5. The number of ether oxygens (including phenoxy) is 5. The fourth-order valence-corrected chi connectivity index (χ4v) is 7.87. The summed E-state index contributed by atoms with van der Waals surface area (Å²) in [7, 11) is 0. The van der Waals surface area contributed by atoms with Gasteiger partial charge in [-0.2, -0.15) is 0 Å². The summed E-state index contributed by atoms with van der Waals surface area (Å²) in [6, 6.07) is 43.2. The number of hydrogen-bond acceptors (Lipinski definition) is 9. The Hall–Kier alpha value is -5.54. The molecular formula is C41H34O9Se. The first kappa shape index (κ1) is 35.3. The Morgan fingerprint density at radius 1 is 0.471 bits per heavy atom. The van der Waals surface area contributed by atoms with E-state index in [1.165, 1.54) is 0 Å². The molecule has 6 rings (SSSR count). The number of hydrogen-bond donors (Lipinski definition) is 0. The molecule has 0 N–H and O–H groups in total. The van der Waals surface area contributed by atoms with Gasteiger partial charge in [-0.15, -0.1) is 0 Å². The molecule has 0 saturated carbocycles. The van der Waals surface area contributed by atoms with E-state index in [1.54, 1.807) is 121 Å². The maximum atomic E-state index is 13.7. The molecule has 1 saturated heterocycles. The third kappa shape index (κ3) is 9.38. The topological polar surface area (TPSA) is 114 Å². The fourth-order valence-electron chi connectivity index (χ4n) is 5.41. The van der Waals surface area contributed by atoms with Crippen molar-refractivity contribution in [2.45, 2.75) is 34.7 Å². The fraction of sp³-hybridized carbons (Fsp3) is 0.171. The number of benzene rings is 5. The summed E-state index contributed by atoms with van der Waals surface area (Å²) in [4.78, 5) is 54.1. The Kier molecular flexibility index (Phi) is 12.0. The molecule has 9 nitrogen and oxygen atoms in total. The van der Waals surface area contributed by atoms with Gasteiger partial charge in [-0.05, 0) is 0 Å². The monoisotopic (exact) mass is 750 g/mol. The summed E-state index contributed by atoms with van der Waals surface area (Å²) in [5, 5.41) is -0.242. The van der Waals surface area contributed by atoms with Gasteiger partial charge in [-0.3, -0.25) is 0 Å². The van der Waals surface area contributed by atoms with Gasteiger partial charge >= 0.3 is 303 Å². The van der Waals surface area contributed by atoms with E-state index >= 15 is 0 Å². The van der Waals surface area contributed by atoms with E-state index in [-0.39, 0.29) is 23.3 Å². The normalized spacial score (nSPS) is 19.6. The standard InChI is InChI=1S/C41H34O9Se/c42-37(29-18-8-2-9-19-29)46-26-33-34(48-38(43)30-20-10-3-11-21-30)35(49-39(44)31-22-12-4-13-23-31)36(50-40(45)32-24-14-5-15-25-32)41(47-33)51-27-28-16-6-1-7-17-28/h1-25,33-36,41H,26-27H2/t33-,34-,35+,36-,41+/m1/s1. The molecule has 5 atom stereocenters. The number of rotatable bonds is 12. The first-order valence-corrected chi connectivity index (χ1v) is 18.5. The second-order valence-corrected chi connectivity index (χ2v) is 13.8. The minimum atomic E-state index is -1.36. The zero-order valence-corrected chi connectivity index (χ0v) is 29.0. The van der Waals surface area contributed by atoms with Gasteiger partial charge in [-0.25, -0.2) is 0 Å². The molecule has 0 amide bonds. The van der Waals surface area contributed by atoms with E-state index in [4.69, 9.17) is 23.7 Å². The molecule has 1 fully saturated rings. The molecule has 0 spiro atoms. The van der Waals surface area contributed by atoms with Crippen LogP contribution < -0.4 is 0 Å². The van der Waals surface area contributed by atoms with Gasteiger partial charge in [0.2, 0.25) is 0 Å². The van der Waals surface area contributed by atoms with Gasteiger partial charge in [0.25, 0.3) is 0 Å². The third-order valence-corrected chi connectivity index (χ3v) is 10.5. The van der Waals surface area contributed by atoms with Gasteiger partial charge in [0.1, 0.15) is 0 Å². The Morgan fingerprint density at radius 2 is 0.843 bits per heavy atom. The number of carbonyl (C=O) groups excluding carboxylic acids is 4. The van der Waals surface area contributed by atoms with Crippen LogP contribution in [-0.2, 0) is 29.0 Å². The van der Waals surface area contributed by atoms with E-state index < -0.39 is 68.3 Å². The van der Waals surface area contributed by atoms with Crippen LogP contribution in [0.1, 0.15) is 47.0 Å². The molecule has 0 unspecified atom stereocenters. The molecule has 0 aliphatic carbocycles. The van der Waals surface area contributed by atoms with Crippen LogP contribution in [0.3, 0.4) is 0 Å². The number of esters is 4. The summed E-state index contributed by atoms with van der Waals surface area (Å²) in [6.07, 6.45) is -5.02. The Labute approximate surface area is 301 Å². The predicted molar refractivity (Wildman–Crippen MR) is 188 cm³/mol. The summed E-state index contributed by atoms with van der Waals surface area (Å²) in [5.41, 5.74) is 2.09. The van der Waals surface area contributed by atoms with Gasteiger partial charge < -0.3 is 0 Å². The first-order chi connectivity index (χ1) is 25.0. The van der Waals surface area contributed by atoms with Crippen molar-refractivity contribution in [1.29, 1.82) is 0 Å². The van der Waals surface area contributed by atoms with Crippen molar-refractivity contribution in [1.82, 2.24) is 0 Å². The third-order valence-electron chi connectivity index (χ3n) is 7.99. The molecule has 0 aromatic heterocycles. The molecule has 51 heavy (non-hydrogen) atoms. The predicted octanol–water partition coefficient (Wildman–Crippen LogP) is 6.15. The van der Waals surface area contributed by atoms with Crippen LogP contribution in [0.4, 0.5) is 0 Å². The Morgan fingerprint density at radius 3 is 1.29 bits per heavy atom. The molecule has 10 heteroatoms. The van der Waals surface area contributed by atoms with Crippen molar-refractivity contribution < 1.29 is 42.9 Å². The zero-order chi connectivity index (χ0) is 35.4. The SMILES string of the molecule is O=C(OC[C@H]1O[C@@H]([Se]Cc2ccccc2)[C@H](OC(=O)c2ccccc2)[C@@H](OC(=O)c2ccccc2)[C@@H]1OC(=O)c1ccccc1)c1ccccc1. The van der Waals surface area contributed by atoms with Crippen molar-refractivity contribution in [3.05, 3.63) is 179 Å². The van der Waals surface area contributed by atoms with Crippen LogP contribution in [0.5, 0.6) is 0 Å². The average molecular weight is 750 g/mol. The summed E-state index contributed by atoms with van der Waals surface area (Å²) < 4.78 is 30.8. The van der Waals surface area contributed by atoms with Crippen LogP contribution in [0, 0.1) is 0 Å². The van der Waals surface area contributed by atoms with Crippen molar-refractivity contribution in [2.24, 2.45) is 0 Å². The van der Waals surface area contributed by atoms with Crippen molar-refractivity contribution in [2.75, 3.05) is 6.61 Å². The Bertz CT molecular complexity index is 1890. The van der Waals surface area contributed by atoms with Gasteiger partial charge in [-0.1, -0.05) is 0 Å². The first-order valence-electron chi connectivity index (χ1n) is 16.3. The molecule has 5 aromatic carbocycles. The van der Waals surface area contributed by atoms with Crippen LogP contribution in [0.25, 0.3) is 0 Å². The van der Waals surface area contributed by atoms with Crippen LogP contribution in [0.15, 0.2) is 152 Å². The molecule has 258 valence electrons. The molecule has 1 heterocycles. The van der Waals surface area contributed by atoms with Gasteiger partial charge in [0.15, 0.2) is 0 Å². The minimum absolute atomic E-state index is 0.235. The van der Waals surface area contributed by atoms with E-state index in [0.717, 1.165) is 5.56 Å². The van der Waals surface area contributed by atoms with Gasteiger partial charge in [0.05, 0.1) is 0 Å².